The highest BCUT2D eigenvalue weighted by Gasteiger charge is 2.29. The van der Waals surface area contributed by atoms with Crippen molar-refractivity contribution in [1.29, 1.82) is 0 Å². The molecule has 7 heteroatoms. The summed E-state index contributed by atoms with van der Waals surface area (Å²) in [6, 6.07) is 0. The molecule has 2 heterocycles. The van der Waals surface area contributed by atoms with E-state index in [2.05, 4.69) is 22.5 Å². The molecule has 2 fully saturated rings. The molecule has 1 amide bonds. The molecule has 6 nitrogen and oxygen atoms in total. The van der Waals surface area contributed by atoms with Crippen molar-refractivity contribution in [1.82, 2.24) is 15.5 Å². The van der Waals surface area contributed by atoms with Crippen molar-refractivity contribution >= 4 is 23.6 Å². The van der Waals surface area contributed by atoms with Crippen LogP contribution in [0.15, 0.2) is 4.99 Å². The Morgan fingerprint density at radius 2 is 2.22 bits per heavy atom. The highest BCUT2D eigenvalue weighted by molar-refractivity contribution is 8.00. The van der Waals surface area contributed by atoms with E-state index in [-0.39, 0.29) is 23.3 Å². The molecule has 2 atom stereocenters. The van der Waals surface area contributed by atoms with E-state index in [1.165, 1.54) is 18.6 Å². The highest BCUT2D eigenvalue weighted by Crippen LogP contribution is 2.36. The number of rotatable bonds is 6. The van der Waals surface area contributed by atoms with Crippen LogP contribution in [-0.4, -0.2) is 73.7 Å². The van der Waals surface area contributed by atoms with Crippen molar-refractivity contribution in [2.45, 2.75) is 43.5 Å². The Kier molecular flexibility index (Phi) is 7.02. The number of likely N-dealkylation sites (N-methyl/N-ethyl adjacent to an activating group) is 1. The summed E-state index contributed by atoms with van der Waals surface area (Å²) in [5, 5.41) is 6.74. The smallest absolute Gasteiger partial charge is 0.243 e. The molecule has 2 aliphatic rings. The Morgan fingerprint density at radius 3 is 2.83 bits per heavy atom. The number of ether oxygens (including phenoxy) is 1. The summed E-state index contributed by atoms with van der Waals surface area (Å²) >= 11 is 2.01. The summed E-state index contributed by atoms with van der Waals surface area (Å²) in [4.78, 5) is 17.8. The minimum atomic E-state index is 0.00432. The van der Waals surface area contributed by atoms with E-state index in [0.29, 0.717) is 5.96 Å². The Morgan fingerprint density at radius 1 is 1.39 bits per heavy atom. The normalized spacial score (nSPS) is 28.0. The van der Waals surface area contributed by atoms with E-state index in [1.54, 1.807) is 19.0 Å². The maximum Gasteiger partial charge on any atom is 0.243 e. The fraction of sp³-hybridized carbons (Fsp3) is 0.875. The van der Waals surface area contributed by atoms with Crippen LogP contribution in [0.3, 0.4) is 0 Å². The van der Waals surface area contributed by atoms with Gasteiger partial charge in [0.1, 0.15) is 6.54 Å². The van der Waals surface area contributed by atoms with E-state index in [4.69, 9.17) is 4.74 Å². The first kappa shape index (κ1) is 18.4. The van der Waals surface area contributed by atoms with Gasteiger partial charge in [-0.25, -0.2) is 4.99 Å². The standard InChI is InChI=1S/C16H30N4O2S/c1-16(7-5-9-23-16)12-19-15(18-11-14(21)20(2)3)17-10-13-6-4-8-22-13/h13H,4-12H2,1-3H3,(H2,17,18,19). The fourth-order valence-electron chi connectivity index (χ4n) is 2.73. The van der Waals surface area contributed by atoms with Crippen molar-refractivity contribution < 1.29 is 9.53 Å². The first-order chi connectivity index (χ1) is 11.0. The number of nitrogens with zero attached hydrogens (tertiary/aromatic N) is 2. The Labute approximate surface area is 143 Å². The number of amides is 1. The molecule has 2 aliphatic heterocycles. The van der Waals surface area contributed by atoms with Crippen molar-refractivity contribution in [3.63, 3.8) is 0 Å². The molecule has 2 unspecified atom stereocenters. The number of nitrogens with one attached hydrogen (secondary N) is 2. The lowest BCUT2D eigenvalue weighted by Crippen LogP contribution is -2.46. The number of guanidine groups is 1. The average molecular weight is 343 g/mol. The van der Waals surface area contributed by atoms with Gasteiger partial charge in [-0.1, -0.05) is 0 Å². The molecule has 23 heavy (non-hydrogen) atoms. The van der Waals surface area contributed by atoms with Gasteiger partial charge in [-0.05, 0) is 38.4 Å². The Hall–Kier alpha value is -0.950. The minimum Gasteiger partial charge on any atom is -0.376 e. The van der Waals surface area contributed by atoms with Gasteiger partial charge in [0.25, 0.3) is 0 Å². The van der Waals surface area contributed by atoms with Gasteiger partial charge in [-0.2, -0.15) is 11.8 Å². The zero-order chi connectivity index (χ0) is 16.7. The third kappa shape index (κ3) is 6.22. The number of hydrogen-bond acceptors (Lipinski definition) is 4. The Balaban J connectivity index is 1.86. The number of hydrogen-bond donors (Lipinski definition) is 2. The predicted octanol–water partition coefficient (Wildman–Crippen LogP) is 1.07. The molecule has 0 radical (unpaired) electrons. The monoisotopic (exact) mass is 342 g/mol. The minimum absolute atomic E-state index is 0.00432. The summed E-state index contributed by atoms with van der Waals surface area (Å²) in [7, 11) is 3.50. The second-order valence-corrected chi connectivity index (χ2v) is 8.41. The molecule has 132 valence electrons. The predicted molar refractivity (Wildman–Crippen MR) is 96.1 cm³/mol. The van der Waals surface area contributed by atoms with Crippen LogP contribution >= 0.6 is 11.8 Å². The summed E-state index contributed by atoms with van der Waals surface area (Å²) < 4.78 is 5.90. The first-order valence-electron chi connectivity index (χ1n) is 8.46. The summed E-state index contributed by atoms with van der Waals surface area (Å²) in [6.45, 7) is 4.91. The van der Waals surface area contributed by atoms with Gasteiger partial charge in [0.15, 0.2) is 5.96 Å². The maximum atomic E-state index is 11.8. The maximum absolute atomic E-state index is 11.8. The lowest BCUT2D eigenvalue weighted by molar-refractivity contribution is -0.127. The molecule has 0 aromatic carbocycles. The van der Waals surface area contributed by atoms with E-state index >= 15 is 0 Å². The summed E-state index contributed by atoms with van der Waals surface area (Å²) in [6.07, 6.45) is 4.96. The van der Waals surface area contributed by atoms with Crippen molar-refractivity contribution in [3.05, 3.63) is 0 Å². The molecule has 0 aromatic heterocycles. The molecule has 0 aliphatic carbocycles. The van der Waals surface area contributed by atoms with Gasteiger partial charge in [-0.3, -0.25) is 4.79 Å². The Bertz CT molecular complexity index is 416. The third-order valence-corrected chi connectivity index (χ3v) is 5.86. The van der Waals surface area contributed by atoms with Crippen LogP contribution in [0.4, 0.5) is 0 Å². The number of aliphatic imine (C=N–C) groups is 1. The van der Waals surface area contributed by atoms with Crippen LogP contribution in [0.1, 0.15) is 32.6 Å². The zero-order valence-electron chi connectivity index (χ0n) is 14.6. The molecular weight excluding hydrogens is 312 g/mol. The van der Waals surface area contributed by atoms with Crippen molar-refractivity contribution in [3.8, 4) is 0 Å². The van der Waals surface area contributed by atoms with Crippen molar-refractivity contribution in [2.24, 2.45) is 4.99 Å². The average Bonchev–Trinajstić information content (AvgIpc) is 3.18. The van der Waals surface area contributed by atoms with E-state index in [1.807, 2.05) is 11.8 Å². The molecule has 0 saturated carbocycles. The fourth-order valence-corrected chi connectivity index (χ4v) is 3.97. The van der Waals surface area contributed by atoms with Crippen LogP contribution in [0.2, 0.25) is 0 Å². The van der Waals surface area contributed by atoms with Crippen LogP contribution in [0.25, 0.3) is 0 Å². The van der Waals surface area contributed by atoms with Crippen LogP contribution < -0.4 is 10.6 Å². The van der Waals surface area contributed by atoms with Gasteiger partial charge in [0.2, 0.25) is 5.91 Å². The van der Waals surface area contributed by atoms with Crippen LogP contribution in [0.5, 0.6) is 0 Å². The zero-order valence-corrected chi connectivity index (χ0v) is 15.4. The first-order valence-corrected chi connectivity index (χ1v) is 9.45. The van der Waals surface area contributed by atoms with E-state index in [9.17, 15) is 4.79 Å². The van der Waals surface area contributed by atoms with Gasteiger partial charge < -0.3 is 20.3 Å². The second-order valence-electron chi connectivity index (χ2n) is 6.72. The molecule has 0 bridgehead atoms. The topological polar surface area (TPSA) is 66.0 Å². The molecule has 2 rings (SSSR count). The molecular formula is C16H30N4O2S. The van der Waals surface area contributed by atoms with E-state index in [0.717, 1.165) is 32.5 Å². The lowest BCUT2D eigenvalue weighted by Gasteiger charge is -2.25. The lowest BCUT2D eigenvalue weighted by atomic mass is 10.1. The number of carbonyl (C=O) groups is 1. The highest BCUT2D eigenvalue weighted by atomic mass is 32.2. The van der Waals surface area contributed by atoms with Crippen LogP contribution in [-0.2, 0) is 9.53 Å². The third-order valence-electron chi connectivity index (χ3n) is 4.32. The number of carbonyl (C=O) groups excluding carboxylic acids is 1. The summed E-state index contributed by atoms with van der Waals surface area (Å²) in [5.74, 6) is 1.95. The van der Waals surface area contributed by atoms with Gasteiger partial charge in [0.05, 0.1) is 6.10 Å². The largest absolute Gasteiger partial charge is 0.376 e. The molecule has 0 spiro atoms. The van der Waals surface area contributed by atoms with Crippen LogP contribution in [0, 0.1) is 0 Å². The van der Waals surface area contributed by atoms with Gasteiger partial charge in [0, 0.05) is 38.5 Å². The van der Waals surface area contributed by atoms with E-state index < -0.39 is 0 Å². The second kappa shape index (κ2) is 8.78. The quantitative estimate of drug-likeness (QED) is 0.558. The summed E-state index contributed by atoms with van der Waals surface area (Å²) in [5.41, 5.74) is 0. The number of thioether (sulfide) groups is 1. The van der Waals surface area contributed by atoms with Gasteiger partial charge in [-0.15, -0.1) is 0 Å². The SMILES string of the molecule is CN(C)C(=O)CN=C(NCC1CCCO1)NCC1(C)CCCS1. The molecule has 2 saturated heterocycles. The van der Waals surface area contributed by atoms with Crippen molar-refractivity contribution in [2.75, 3.05) is 46.1 Å². The molecule has 2 N–H and O–H groups in total. The van der Waals surface area contributed by atoms with Gasteiger partial charge >= 0.3 is 0 Å². The molecule has 0 aromatic rings.